The van der Waals surface area contributed by atoms with E-state index in [2.05, 4.69) is 5.10 Å². The number of carboxylic acid groups (broad SMARTS) is 1. The Kier molecular flexibility index (Phi) is 2.01. The number of aliphatic carboxylic acids is 1. The van der Waals surface area contributed by atoms with Crippen molar-refractivity contribution in [2.24, 2.45) is 7.05 Å². The molecule has 1 aliphatic carbocycles. The summed E-state index contributed by atoms with van der Waals surface area (Å²) in [6, 6.07) is 0. The van der Waals surface area contributed by atoms with Crippen LogP contribution in [0.15, 0.2) is 6.20 Å². The lowest BCUT2D eigenvalue weighted by molar-refractivity contribution is -0.386. The number of halogens is 2. The molecule has 1 N–H and O–H groups in total. The minimum Gasteiger partial charge on any atom is -0.480 e. The SMILES string of the molecule is Cn1ncc([N+](=O)[O-])c1C1(C(=O)O)CC1(F)F. The second-order valence-electron chi connectivity index (χ2n) is 3.85. The van der Waals surface area contributed by atoms with Gasteiger partial charge in [-0.15, -0.1) is 0 Å². The molecule has 0 amide bonds. The summed E-state index contributed by atoms with van der Waals surface area (Å²) >= 11 is 0. The Balaban J connectivity index is 2.65. The van der Waals surface area contributed by atoms with E-state index >= 15 is 0 Å². The summed E-state index contributed by atoms with van der Waals surface area (Å²) in [5.41, 5.74) is -3.80. The Morgan fingerprint density at radius 3 is 2.59 bits per heavy atom. The van der Waals surface area contributed by atoms with Crippen molar-refractivity contribution in [3.8, 4) is 0 Å². The number of nitro groups is 1. The van der Waals surface area contributed by atoms with Gasteiger partial charge < -0.3 is 5.11 Å². The fourth-order valence-corrected chi connectivity index (χ4v) is 1.93. The molecule has 1 atom stereocenters. The topological polar surface area (TPSA) is 98.3 Å². The van der Waals surface area contributed by atoms with Gasteiger partial charge in [-0.1, -0.05) is 0 Å². The van der Waals surface area contributed by atoms with E-state index in [1.54, 1.807) is 0 Å². The maximum Gasteiger partial charge on any atom is 0.322 e. The summed E-state index contributed by atoms with van der Waals surface area (Å²) in [4.78, 5) is 20.7. The molecule has 92 valence electrons. The summed E-state index contributed by atoms with van der Waals surface area (Å²) in [5.74, 6) is -5.27. The number of aromatic nitrogens is 2. The lowest BCUT2D eigenvalue weighted by Gasteiger charge is -2.10. The first kappa shape index (κ1) is 11.4. The normalized spacial score (nSPS) is 25.6. The van der Waals surface area contributed by atoms with Gasteiger partial charge in [0.1, 0.15) is 11.9 Å². The van der Waals surface area contributed by atoms with Gasteiger partial charge in [0, 0.05) is 13.5 Å². The zero-order valence-electron chi connectivity index (χ0n) is 8.55. The van der Waals surface area contributed by atoms with Gasteiger partial charge in [-0.3, -0.25) is 19.6 Å². The molecule has 7 nitrogen and oxygen atoms in total. The second kappa shape index (κ2) is 2.99. The van der Waals surface area contributed by atoms with Crippen LogP contribution in [0.2, 0.25) is 0 Å². The molecule has 1 aliphatic rings. The molecule has 9 heteroatoms. The number of nitrogens with zero attached hydrogens (tertiary/aromatic N) is 3. The van der Waals surface area contributed by atoms with E-state index in [1.165, 1.54) is 7.05 Å². The third-order valence-electron chi connectivity index (χ3n) is 2.87. The molecule has 1 unspecified atom stereocenters. The van der Waals surface area contributed by atoms with E-state index in [0.29, 0.717) is 0 Å². The molecular weight excluding hydrogens is 240 g/mol. The first-order valence-electron chi connectivity index (χ1n) is 4.52. The van der Waals surface area contributed by atoms with Crippen molar-refractivity contribution in [2.45, 2.75) is 17.8 Å². The van der Waals surface area contributed by atoms with Crippen molar-refractivity contribution >= 4 is 11.7 Å². The predicted molar refractivity (Wildman–Crippen MR) is 48.7 cm³/mol. The van der Waals surface area contributed by atoms with Crippen LogP contribution in [0.3, 0.4) is 0 Å². The highest BCUT2D eigenvalue weighted by atomic mass is 19.3. The van der Waals surface area contributed by atoms with E-state index < -0.39 is 40.0 Å². The minimum atomic E-state index is -3.49. The van der Waals surface area contributed by atoms with E-state index in [4.69, 9.17) is 5.11 Å². The van der Waals surface area contributed by atoms with Gasteiger partial charge in [0.2, 0.25) is 0 Å². The molecule has 1 fully saturated rings. The van der Waals surface area contributed by atoms with Crippen molar-refractivity contribution in [2.75, 3.05) is 0 Å². The van der Waals surface area contributed by atoms with Crippen molar-refractivity contribution < 1.29 is 23.6 Å². The van der Waals surface area contributed by atoms with Gasteiger partial charge in [0.05, 0.1) is 4.92 Å². The standard InChI is InChI=1S/C8H7F2N3O4/c1-12-5(4(2-11-12)13(16)17)7(6(14)15)3-8(7,9)10/h2H,3H2,1H3,(H,14,15). The molecule has 1 aromatic rings. The number of aryl methyl sites for hydroxylation is 1. The van der Waals surface area contributed by atoms with Crippen molar-refractivity contribution in [3.05, 3.63) is 22.0 Å². The third kappa shape index (κ3) is 1.25. The number of carboxylic acids is 1. The molecule has 0 saturated heterocycles. The molecule has 0 aromatic carbocycles. The number of carbonyl (C=O) groups is 1. The number of alkyl halides is 2. The summed E-state index contributed by atoms with van der Waals surface area (Å²) < 4.78 is 27.3. The Morgan fingerprint density at radius 2 is 2.24 bits per heavy atom. The second-order valence-corrected chi connectivity index (χ2v) is 3.85. The van der Waals surface area contributed by atoms with Crippen LogP contribution in [0.5, 0.6) is 0 Å². The van der Waals surface area contributed by atoms with Crippen LogP contribution >= 0.6 is 0 Å². The van der Waals surface area contributed by atoms with E-state index in [0.717, 1.165) is 10.9 Å². The first-order chi connectivity index (χ1) is 7.74. The summed E-state index contributed by atoms with van der Waals surface area (Å²) in [6.45, 7) is 0. The highest BCUT2D eigenvalue weighted by molar-refractivity contribution is 5.88. The molecule has 17 heavy (non-hydrogen) atoms. The molecular formula is C8H7F2N3O4. The van der Waals surface area contributed by atoms with Gasteiger partial charge in [-0.25, -0.2) is 8.78 Å². The molecule has 1 heterocycles. The van der Waals surface area contributed by atoms with Gasteiger partial charge >= 0.3 is 11.7 Å². The Hall–Kier alpha value is -2.06. The highest BCUT2D eigenvalue weighted by Crippen LogP contribution is 2.63. The molecule has 1 saturated carbocycles. The minimum absolute atomic E-state index is 0.569. The van der Waals surface area contributed by atoms with E-state index in [9.17, 15) is 23.7 Å². The van der Waals surface area contributed by atoms with Crippen molar-refractivity contribution in [3.63, 3.8) is 0 Å². The molecule has 0 spiro atoms. The molecule has 0 aliphatic heterocycles. The lowest BCUT2D eigenvalue weighted by Crippen LogP contribution is -2.30. The fourth-order valence-electron chi connectivity index (χ4n) is 1.93. The quantitative estimate of drug-likeness (QED) is 0.625. The zero-order valence-corrected chi connectivity index (χ0v) is 8.55. The van der Waals surface area contributed by atoms with Crippen molar-refractivity contribution in [1.82, 2.24) is 9.78 Å². The lowest BCUT2D eigenvalue weighted by atomic mass is 10.0. The van der Waals surface area contributed by atoms with Crippen molar-refractivity contribution in [1.29, 1.82) is 0 Å². The van der Waals surface area contributed by atoms with E-state index in [-0.39, 0.29) is 0 Å². The number of rotatable bonds is 3. The number of hydrogen-bond acceptors (Lipinski definition) is 4. The van der Waals surface area contributed by atoms with Gasteiger partial charge in [-0.05, 0) is 0 Å². The Labute approximate surface area is 92.8 Å². The highest BCUT2D eigenvalue weighted by Gasteiger charge is 2.80. The van der Waals surface area contributed by atoms with Gasteiger partial charge in [0.15, 0.2) is 5.41 Å². The van der Waals surface area contributed by atoms with Gasteiger partial charge in [-0.2, -0.15) is 5.10 Å². The van der Waals surface area contributed by atoms with Crippen LogP contribution in [-0.4, -0.2) is 31.7 Å². The largest absolute Gasteiger partial charge is 0.480 e. The monoisotopic (exact) mass is 247 g/mol. The Morgan fingerprint density at radius 1 is 1.71 bits per heavy atom. The fraction of sp³-hybridized carbons (Fsp3) is 0.500. The molecule has 1 aromatic heterocycles. The van der Waals surface area contributed by atoms with Crippen LogP contribution in [-0.2, 0) is 17.3 Å². The van der Waals surface area contributed by atoms with Gasteiger partial charge in [0.25, 0.3) is 5.92 Å². The molecule has 2 rings (SSSR count). The summed E-state index contributed by atoms with van der Waals surface area (Å²) in [7, 11) is 1.20. The first-order valence-corrected chi connectivity index (χ1v) is 4.52. The smallest absolute Gasteiger partial charge is 0.322 e. The van der Waals surface area contributed by atoms with Crippen LogP contribution < -0.4 is 0 Å². The number of hydrogen-bond donors (Lipinski definition) is 1. The van der Waals surface area contributed by atoms with E-state index in [1.807, 2.05) is 0 Å². The summed E-state index contributed by atoms with van der Waals surface area (Å²) in [5, 5.41) is 23.0. The van der Waals surface area contributed by atoms with Crippen LogP contribution in [0.4, 0.5) is 14.5 Å². The summed E-state index contributed by atoms with van der Waals surface area (Å²) in [6.07, 6.45) is -0.176. The maximum atomic E-state index is 13.2. The Bertz CT molecular complexity index is 527. The predicted octanol–water partition coefficient (Wildman–Crippen LogP) is 0.690. The maximum absolute atomic E-state index is 13.2. The van der Waals surface area contributed by atoms with Crippen LogP contribution in [0, 0.1) is 10.1 Å². The molecule has 0 bridgehead atoms. The van der Waals surface area contributed by atoms with Crippen LogP contribution in [0.25, 0.3) is 0 Å². The average molecular weight is 247 g/mol. The average Bonchev–Trinajstić information content (AvgIpc) is 2.57. The molecule has 0 radical (unpaired) electrons. The van der Waals surface area contributed by atoms with Crippen LogP contribution in [0.1, 0.15) is 12.1 Å². The zero-order chi connectivity index (χ0) is 13.0. The third-order valence-corrected chi connectivity index (χ3v) is 2.87.